The highest BCUT2D eigenvalue weighted by atomic mass is 15.3. The fourth-order valence-corrected chi connectivity index (χ4v) is 5.25. The third-order valence-corrected chi connectivity index (χ3v) is 6.33. The van der Waals surface area contributed by atoms with Gasteiger partial charge in [0.05, 0.1) is 5.69 Å². The van der Waals surface area contributed by atoms with Gasteiger partial charge in [-0.3, -0.25) is 0 Å². The van der Waals surface area contributed by atoms with Crippen molar-refractivity contribution in [2.24, 2.45) is 0 Å². The van der Waals surface area contributed by atoms with Crippen molar-refractivity contribution in [3.05, 3.63) is 99.9 Å². The summed E-state index contributed by atoms with van der Waals surface area (Å²) in [5.74, 6) is 0. The number of hydrogen-bond donors (Lipinski definition) is 0. The Morgan fingerprint density at radius 3 is 1.61 bits per heavy atom. The van der Waals surface area contributed by atoms with Crippen molar-refractivity contribution in [2.75, 3.05) is 0 Å². The summed E-state index contributed by atoms with van der Waals surface area (Å²) in [4.78, 5) is 0. The van der Waals surface area contributed by atoms with Crippen LogP contribution in [0.4, 0.5) is 0 Å². The molecule has 156 valence electrons. The van der Waals surface area contributed by atoms with E-state index in [0.29, 0.717) is 0 Å². The predicted octanol–water partition coefficient (Wildman–Crippen LogP) is 4.55. The summed E-state index contributed by atoms with van der Waals surface area (Å²) in [6.07, 6.45) is 1.86. The Morgan fingerprint density at radius 1 is 0.645 bits per heavy atom. The van der Waals surface area contributed by atoms with Crippen molar-refractivity contribution in [1.82, 2.24) is 9.78 Å². The lowest BCUT2D eigenvalue weighted by Crippen LogP contribution is -2.56. The van der Waals surface area contributed by atoms with Crippen molar-refractivity contribution in [3.63, 3.8) is 0 Å². The third-order valence-electron chi connectivity index (χ3n) is 6.33. The normalized spacial score (nSPS) is 11.1. The van der Waals surface area contributed by atoms with Gasteiger partial charge in [0.15, 0.2) is 0 Å². The zero-order chi connectivity index (χ0) is 22.3. The molecule has 0 aliphatic carbocycles. The lowest BCUT2D eigenvalue weighted by molar-refractivity contribution is 0.848. The zero-order valence-electron chi connectivity index (χ0n) is 19.7. The number of aromatic nitrogens is 2. The fourth-order valence-electron chi connectivity index (χ4n) is 5.25. The molecule has 0 unspecified atom stereocenters. The molecule has 0 N–H and O–H groups in total. The Labute approximate surface area is 187 Å². The molecule has 31 heavy (non-hydrogen) atoms. The first-order valence-corrected chi connectivity index (χ1v) is 11.0. The van der Waals surface area contributed by atoms with E-state index in [9.17, 15) is 0 Å². The van der Waals surface area contributed by atoms with Gasteiger partial charge in [0.1, 0.15) is 0 Å². The summed E-state index contributed by atoms with van der Waals surface area (Å²) >= 11 is 0. The molecule has 0 spiro atoms. The van der Waals surface area contributed by atoms with Crippen LogP contribution in [-0.2, 0) is 0 Å². The highest BCUT2D eigenvalue weighted by Gasteiger charge is 2.28. The van der Waals surface area contributed by atoms with Crippen LogP contribution in [0.3, 0.4) is 0 Å². The van der Waals surface area contributed by atoms with E-state index in [0.717, 1.165) is 11.4 Å². The summed E-state index contributed by atoms with van der Waals surface area (Å²) in [6, 6.07) is 20.2. The minimum Gasteiger partial charge on any atom is -0.238 e. The summed E-state index contributed by atoms with van der Waals surface area (Å²) in [6.45, 7) is 15.7. The van der Waals surface area contributed by atoms with Crippen molar-refractivity contribution >= 4 is 23.1 Å². The van der Waals surface area contributed by atoms with E-state index < -0.39 is 0 Å². The number of hydrogen-bond acceptors (Lipinski definition) is 1. The summed E-state index contributed by atoms with van der Waals surface area (Å²) in [7, 11) is 0. The van der Waals surface area contributed by atoms with Crippen LogP contribution in [-0.4, -0.2) is 16.5 Å². The van der Waals surface area contributed by atoms with E-state index in [-0.39, 0.29) is 6.71 Å². The molecule has 0 aliphatic rings. The summed E-state index contributed by atoms with van der Waals surface area (Å²) in [5.41, 5.74) is 14.4. The van der Waals surface area contributed by atoms with E-state index in [4.69, 9.17) is 0 Å². The van der Waals surface area contributed by atoms with Crippen molar-refractivity contribution < 1.29 is 0 Å². The highest BCUT2D eigenvalue weighted by molar-refractivity contribution is 6.96. The number of nitrogens with zero attached hydrogens (tertiary/aromatic N) is 2. The Bertz CT molecular complexity index is 1160. The lowest BCUT2D eigenvalue weighted by Gasteiger charge is -2.25. The van der Waals surface area contributed by atoms with E-state index in [1.807, 2.05) is 16.9 Å². The molecular formula is C28H31BN2. The van der Waals surface area contributed by atoms with Crippen LogP contribution in [0.25, 0.3) is 5.69 Å². The van der Waals surface area contributed by atoms with Crippen molar-refractivity contribution in [2.45, 2.75) is 48.5 Å². The molecule has 3 aromatic carbocycles. The van der Waals surface area contributed by atoms with Crippen LogP contribution < -0.4 is 16.4 Å². The third kappa shape index (κ3) is 3.97. The maximum atomic E-state index is 4.54. The van der Waals surface area contributed by atoms with Crippen LogP contribution in [0.1, 0.15) is 39.1 Å². The van der Waals surface area contributed by atoms with Gasteiger partial charge in [-0.25, -0.2) is 4.68 Å². The molecule has 0 atom stereocenters. The Kier molecular flexibility index (Phi) is 5.62. The second-order valence-electron chi connectivity index (χ2n) is 9.04. The van der Waals surface area contributed by atoms with Crippen molar-refractivity contribution in [1.29, 1.82) is 0 Å². The molecule has 1 heterocycles. The molecule has 4 rings (SSSR count). The first-order valence-electron chi connectivity index (χ1n) is 11.0. The van der Waals surface area contributed by atoms with Gasteiger partial charge in [-0.2, -0.15) is 5.10 Å². The predicted molar refractivity (Wildman–Crippen MR) is 134 cm³/mol. The minimum absolute atomic E-state index is 0.178. The van der Waals surface area contributed by atoms with Gasteiger partial charge in [-0.1, -0.05) is 86.2 Å². The van der Waals surface area contributed by atoms with Crippen LogP contribution in [0.2, 0.25) is 0 Å². The second-order valence-corrected chi connectivity index (χ2v) is 9.04. The molecule has 0 saturated carbocycles. The SMILES string of the molecule is Cc1cc(C)c(B(c2cccc(-n3nccc3C)c2)c2c(C)cc(C)cc2C)c(C)c1. The highest BCUT2D eigenvalue weighted by Crippen LogP contribution is 2.14. The zero-order valence-corrected chi connectivity index (χ0v) is 19.7. The van der Waals surface area contributed by atoms with Crippen LogP contribution in [0.5, 0.6) is 0 Å². The average molecular weight is 406 g/mol. The van der Waals surface area contributed by atoms with Crippen LogP contribution in [0, 0.1) is 48.5 Å². The number of aryl methyl sites for hydroxylation is 7. The lowest BCUT2D eigenvalue weighted by atomic mass is 9.34. The van der Waals surface area contributed by atoms with Gasteiger partial charge >= 0.3 is 0 Å². The first-order chi connectivity index (χ1) is 14.8. The Morgan fingerprint density at radius 2 is 1.16 bits per heavy atom. The quantitative estimate of drug-likeness (QED) is 0.455. The van der Waals surface area contributed by atoms with E-state index in [1.165, 1.54) is 49.8 Å². The smallest absolute Gasteiger partial charge is 0.238 e. The molecule has 0 saturated heterocycles. The molecule has 0 bridgehead atoms. The number of benzene rings is 3. The van der Waals surface area contributed by atoms with E-state index in [1.54, 1.807) is 0 Å². The van der Waals surface area contributed by atoms with Crippen LogP contribution in [0.15, 0.2) is 60.8 Å². The maximum absolute atomic E-state index is 4.54. The minimum atomic E-state index is 0.178. The standard InChI is InChI=1S/C28H31BN2/c1-18-13-20(3)27(21(4)14-18)29(28-22(5)15-19(2)16-23(28)6)25-9-8-10-26(17-25)31-24(7)11-12-30-31/h8-17H,1-7H3. The fraction of sp³-hybridized carbons (Fsp3) is 0.250. The van der Waals surface area contributed by atoms with Gasteiger partial charge in [0, 0.05) is 11.9 Å². The molecule has 4 aromatic rings. The van der Waals surface area contributed by atoms with Crippen molar-refractivity contribution in [3.8, 4) is 5.69 Å². The topological polar surface area (TPSA) is 17.8 Å². The van der Waals surface area contributed by atoms with Gasteiger partial charge in [-0.05, 0) is 66.7 Å². The molecule has 1 aromatic heterocycles. The van der Waals surface area contributed by atoms with Crippen LogP contribution >= 0.6 is 0 Å². The van der Waals surface area contributed by atoms with Gasteiger partial charge < -0.3 is 0 Å². The molecular weight excluding hydrogens is 375 g/mol. The molecule has 2 nitrogen and oxygen atoms in total. The van der Waals surface area contributed by atoms with Gasteiger partial charge in [-0.15, -0.1) is 0 Å². The maximum Gasteiger partial charge on any atom is 0.242 e. The summed E-state index contributed by atoms with van der Waals surface area (Å²) in [5, 5.41) is 4.54. The van der Waals surface area contributed by atoms with E-state index in [2.05, 4.69) is 102 Å². The summed E-state index contributed by atoms with van der Waals surface area (Å²) < 4.78 is 2.02. The first kappa shape index (κ1) is 21.2. The molecule has 0 fully saturated rings. The molecule has 0 aliphatic heterocycles. The Hall–Kier alpha value is -3.07. The van der Waals surface area contributed by atoms with Gasteiger partial charge in [0.25, 0.3) is 0 Å². The number of rotatable bonds is 4. The monoisotopic (exact) mass is 406 g/mol. The molecule has 0 radical (unpaired) electrons. The molecule has 0 amide bonds. The van der Waals surface area contributed by atoms with E-state index >= 15 is 0 Å². The largest absolute Gasteiger partial charge is 0.242 e. The van der Waals surface area contributed by atoms with Gasteiger partial charge in [0.2, 0.25) is 6.71 Å². The Balaban J connectivity index is 2.01. The second kappa shape index (κ2) is 8.22. The average Bonchev–Trinajstić information content (AvgIpc) is 3.11. The molecule has 3 heteroatoms.